The highest BCUT2D eigenvalue weighted by Crippen LogP contribution is 2.21. The number of nitrogens with one attached hydrogen (secondary N) is 1. The number of aliphatic hydroxyl groups excluding tert-OH is 1. The van der Waals surface area contributed by atoms with Crippen molar-refractivity contribution in [1.82, 2.24) is 5.32 Å². The first-order valence-electron chi connectivity index (χ1n) is 4.91. The molecule has 1 saturated heterocycles. The molecule has 0 radical (unpaired) electrons. The first kappa shape index (κ1) is 11.5. The number of hydrogen-bond donors (Lipinski definition) is 2. The van der Waals surface area contributed by atoms with Crippen LogP contribution in [-0.4, -0.2) is 36.4 Å². The predicted molar refractivity (Wildman–Crippen MR) is 52.9 cm³/mol. The Morgan fingerprint density at radius 1 is 1.57 bits per heavy atom. The van der Waals surface area contributed by atoms with Crippen LogP contribution in [0.15, 0.2) is 0 Å². The van der Waals surface area contributed by atoms with Crippen molar-refractivity contribution in [3.63, 3.8) is 0 Å². The molecule has 0 spiro atoms. The fourth-order valence-corrected chi connectivity index (χ4v) is 1.30. The third-order valence-electron chi connectivity index (χ3n) is 2.47. The van der Waals surface area contributed by atoms with Gasteiger partial charge in [-0.1, -0.05) is 20.8 Å². The summed E-state index contributed by atoms with van der Waals surface area (Å²) < 4.78 is 5.19. The van der Waals surface area contributed by atoms with Gasteiger partial charge in [-0.3, -0.25) is 4.79 Å². The van der Waals surface area contributed by atoms with Crippen molar-refractivity contribution in [3.8, 4) is 0 Å². The first-order valence-corrected chi connectivity index (χ1v) is 4.91. The molecule has 0 aromatic carbocycles. The minimum Gasteiger partial charge on any atom is -0.394 e. The van der Waals surface area contributed by atoms with Crippen LogP contribution in [0.1, 0.15) is 27.2 Å². The highest BCUT2D eigenvalue weighted by atomic mass is 16.5. The average molecular weight is 201 g/mol. The second kappa shape index (κ2) is 3.87. The molecule has 4 heteroatoms. The Bertz CT molecular complexity index is 214. The van der Waals surface area contributed by atoms with Gasteiger partial charge in [0.05, 0.1) is 18.8 Å². The van der Waals surface area contributed by atoms with Crippen LogP contribution in [0.2, 0.25) is 0 Å². The van der Waals surface area contributed by atoms with Crippen molar-refractivity contribution in [2.24, 2.45) is 5.41 Å². The normalized spacial score (nSPS) is 27.7. The van der Waals surface area contributed by atoms with Crippen LogP contribution in [-0.2, 0) is 9.53 Å². The van der Waals surface area contributed by atoms with E-state index in [1.54, 1.807) is 0 Å². The van der Waals surface area contributed by atoms with E-state index in [1.807, 2.05) is 20.8 Å². The third kappa shape index (κ3) is 2.45. The van der Waals surface area contributed by atoms with E-state index < -0.39 is 11.0 Å². The van der Waals surface area contributed by atoms with Crippen molar-refractivity contribution in [2.45, 2.75) is 32.7 Å². The van der Waals surface area contributed by atoms with Gasteiger partial charge in [-0.05, 0) is 6.42 Å². The highest BCUT2D eigenvalue weighted by molar-refractivity contribution is 5.82. The smallest absolute Gasteiger partial charge is 0.225 e. The van der Waals surface area contributed by atoms with Gasteiger partial charge in [0.15, 0.2) is 0 Å². The van der Waals surface area contributed by atoms with E-state index in [9.17, 15) is 9.90 Å². The number of hydrogen-bond acceptors (Lipinski definition) is 3. The van der Waals surface area contributed by atoms with Gasteiger partial charge in [-0.2, -0.15) is 0 Å². The van der Waals surface area contributed by atoms with E-state index in [-0.39, 0.29) is 12.5 Å². The Labute approximate surface area is 84.6 Å². The summed E-state index contributed by atoms with van der Waals surface area (Å²) in [6, 6.07) is 0. The van der Waals surface area contributed by atoms with Crippen LogP contribution in [0.3, 0.4) is 0 Å². The van der Waals surface area contributed by atoms with E-state index in [1.165, 1.54) is 0 Å². The first-order chi connectivity index (χ1) is 6.40. The number of ether oxygens (including phenoxy) is 1. The molecule has 0 aliphatic carbocycles. The van der Waals surface area contributed by atoms with Gasteiger partial charge < -0.3 is 15.2 Å². The highest BCUT2D eigenvalue weighted by Gasteiger charge is 2.38. The second-order valence-corrected chi connectivity index (χ2v) is 4.95. The summed E-state index contributed by atoms with van der Waals surface area (Å²) >= 11 is 0. The topological polar surface area (TPSA) is 58.6 Å². The van der Waals surface area contributed by atoms with Crippen molar-refractivity contribution in [3.05, 3.63) is 0 Å². The Balaban J connectivity index is 2.61. The summed E-state index contributed by atoms with van der Waals surface area (Å²) in [6.45, 7) is 6.50. The molecule has 82 valence electrons. The summed E-state index contributed by atoms with van der Waals surface area (Å²) in [6.07, 6.45) is 0.686. The Kier molecular flexibility index (Phi) is 3.17. The molecule has 2 N–H and O–H groups in total. The fourth-order valence-electron chi connectivity index (χ4n) is 1.30. The zero-order chi connectivity index (χ0) is 10.8. The van der Waals surface area contributed by atoms with Crippen LogP contribution in [0.5, 0.6) is 0 Å². The lowest BCUT2D eigenvalue weighted by Crippen LogP contribution is -2.54. The molecule has 0 saturated carbocycles. The molecule has 0 bridgehead atoms. The lowest BCUT2D eigenvalue weighted by atomic mass is 9.92. The molecule has 4 nitrogen and oxygen atoms in total. The van der Waals surface area contributed by atoms with Gasteiger partial charge in [0, 0.05) is 12.0 Å². The lowest BCUT2D eigenvalue weighted by Gasteiger charge is -2.30. The largest absolute Gasteiger partial charge is 0.394 e. The van der Waals surface area contributed by atoms with Crippen LogP contribution in [0, 0.1) is 5.41 Å². The zero-order valence-electron chi connectivity index (χ0n) is 9.09. The maximum Gasteiger partial charge on any atom is 0.225 e. The van der Waals surface area contributed by atoms with E-state index >= 15 is 0 Å². The molecule has 14 heavy (non-hydrogen) atoms. The van der Waals surface area contributed by atoms with E-state index in [0.717, 1.165) is 0 Å². The van der Waals surface area contributed by atoms with Crippen molar-refractivity contribution >= 4 is 5.91 Å². The van der Waals surface area contributed by atoms with E-state index in [0.29, 0.717) is 19.6 Å². The average Bonchev–Trinajstić information content (AvgIpc) is 2.52. The third-order valence-corrected chi connectivity index (χ3v) is 2.47. The Morgan fingerprint density at radius 3 is 2.57 bits per heavy atom. The molecular weight excluding hydrogens is 182 g/mol. The number of rotatable bonds is 2. The summed E-state index contributed by atoms with van der Waals surface area (Å²) in [5.41, 5.74) is -0.977. The monoisotopic (exact) mass is 201 g/mol. The van der Waals surface area contributed by atoms with Gasteiger partial charge in [0.25, 0.3) is 0 Å². The molecule has 1 unspecified atom stereocenters. The van der Waals surface area contributed by atoms with Gasteiger partial charge in [0.1, 0.15) is 0 Å². The van der Waals surface area contributed by atoms with Crippen LogP contribution in [0.4, 0.5) is 0 Å². The second-order valence-electron chi connectivity index (χ2n) is 4.95. The summed E-state index contributed by atoms with van der Waals surface area (Å²) in [4.78, 5) is 11.7. The molecule has 1 aliphatic rings. The minimum absolute atomic E-state index is 0.0444. The van der Waals surface area contributed by atoms with Crippen LogP contribution in [0.25, 0.3) is 0 Å². The zero-order valence-corrected chi connectivity index (χ0v) is 9.09. The maximum absolute atomic E-state index is 11.7. The summed E-state index contributed by atoms with van der Waals surface area (Å²) in [7, 11) is 0. The molecular formula is C10H19NO3. The molecule has 1 heterocycles. The molecule has 1 aliphatic heterocycles. The van der Waals surface area contributed by atoms with E-state index in [4.69, 9.17) is 4.74 Å². The van der Waals surface area contributed by atoms with Gasteiger partial charge >= 0.3 is 0 Å². The quantitative estimate of drug-likeness (QED) is 0.675. The minimum atomic E-state index is -0.551. The number of carbonyl (C=O) groups is 1. The van der Waals surface area contributed by atoms with Crippen LogP contribution >= 0.6 is 0 Å². The SMILES string of the molecule is CC(C)(C)C(=O)NC1(CO)CCOC1. The van der Waals surface area contributed by atoms with Crippen molar-refractivity contribution in [1.29, 1.82) is 0 Å². The maximum atomic E-state index is 11.7. The van der Waals surface area contributed by atoms with Gasteiger partial charge in [-0.25, -0.2) is 0 Å². The fraction of sp³-hybridized carbons (Fsp3) is 0.900. The Morgan fingerprint density at radius 2 is 2.21 bits per heavy atom. The van der Waals surface area contributed by atoms with Gasteiger partial charge in [-0.15, -0.1) is 0 Å². The van der Waals surface area contributed by atoms with Crippen LogP contribution < -0.4 is 5.32 Å². The van der Waals surface area contributed by atoms with Crippen molar-refractivity contribution in [2.75, 3.05) is 19.8 Å². The molecule has 1 rings (SSSR count). The predicted octanol–water partition coefficient (Wildman–Crippen LogP) is 0.300. The molecule has 1 atom stereocenters. The summed E-state index contributed by atoms with van der Waals surface area (Å²) in [5.74, 6) is -0.0444. The Hall–Kier alpha value is -0.610. The molecule has 0 aromatic heterocycles. The summed E-state index contributed by atoms with van der Waals surface area (Å²) in [5, 5.41) is 12.1. The van der Waals surface area contributed by atoms with Gasteiger partial charge in [0.2, 0.25) is 5.91 Å². The lowest BCUT2D eigenvalue weighted by molar-refractivity contribution is -0.131. The number of amides is 1. The molecule has 0 aromatic rings. The molecule has 1 amide bonds. The molecule has 1 fully saturated rings. The van der Waals surface area contributed by atoms with E-state index in [2.05, 4.69) is 5.32 Å². The number of carbonyl (C=O) groups excluding carboxylic acids is 1. The number of aliphatic hydroxyl groups is 1. The van der Waals surface area contributed by atoms with Crippen molar-refractivity contribution < 1.29 is 14.6 Å². The standard InChI is InChI=1S/C10H19NO3/c1-9(2,3)8(13)11-10(6-12)4-5-14-7-10/h12H,4-7H2,1-3H3,(H,11,13).